The van der Waals surface area contributed by atoms with Crippen molar-refractivity contribution in [3.05, 3.63) is 29.8 Å². The molecular formula is C20H33O4S2+. The highest BCUT2D eigenvalue weighted by Gasteiger charge is 2.46. The lowest BCUT2D eigenvalue weighted by atomic mass is 10.0. The van der Waals surface area contributed by atoms with Crippen LogP contribution in [0.25, 0.3) is 0 Å². The molecule has 1 saturated carbocycles. The van der Waals surface area contributed by atoms with Crippen LogP contribution in [0.15, 0.2) is 29.2 Å². The van der Waals surface area contributed by atoms with Gasteiger partial charge in [-0.1, -0.05) is 30.5 Å². The fourth-order valence-corrected chi connectivity index (χ4v) is 9.93. The molecule has 1 aromatic carbocycles. The molecule has 0 aliphatic heterocycles. The third-order valence-corrected chi connectivity index (χ3v) is 12.1. The molecule has 6 heteroatoms. The topological polar surface area (TPSA) is 64.0 Å². The van der Waals surface area contributed by atoms with Gasteiger partial charge in [0.2, 0.25) is 0 Å². The first-order valence-corrected chi connectivity index (χ1v) is 12.8. The summed E-state index contributed by atoms with van der Waals surface area (Å²) in [4.78, 5) is 13.1. The molecule has 0 amide bonds. The summed E-state index contributed by atoms with van der Waals surface area (Å²) in [7, 11) is -5.78. The van der Waals surface area contributed by atoms with E-state index in [9.17, 15) is 13.2 Å². The lowest BCUT2D eigenvalue weighted by Gasteiger charge is -2.41. The maximum atomic E-state index is 13.0. The van der Waals surface area contributed by atoms with Crippen LogP contribution in [0.3, 0.4) is 0 Å². The van der Waals surface area contributed by atoms with Crippen LogP contribution in [0.1, 0.15) is 58.9 Å². The smallest absolute Gasteiger partial charge is 0.298 e. The van der Waals surface area contributed by atoms with E-state index in [4.69, 9.17) is 0 Å². The van der Waals surface area contributed by atoms with Crippen molar-refractivity contribution < 1.29 is 16.8 Å². The normalized spacial score (nSPS) is 17.2. The van der Waals surface area contributed by atoms with Gasteiger partial charge >= 0.3 is 10.1 Å². The molecule has 0 radical (unpaired) electrons. The highest BCUT2D eigenvalue weighted by atomic mass is 32.3. The maximum absolute atomic E-state index is 13.0. The van der Waals surface area contributed by atoms with E-state index in [-0.39, 0.29) is 32.8 Å². The molecule has 1 aromatic rings. The number of benzene rings is 1. The van der Waals surface area contributed by atoms with Crippen LogP contribution >= 0.6 is 10.3 Å². The van der Waals surface area contributed by atoms with Crippen molar-refractivity contribution in [2.24, 2.45) is 5.92 Å². The van der Waals surface area contributed by atoms with E-state index in [1.165, 1.54) is 0 Å². The molecule has 0 saturated heterocycles. The SMILES string of the molecule is Cc1ccc(S(=O)(=O)[OH+]S(CC(=O)C2CCCC2)(C(C)C)C(C)C)cc1. The summed E-state index contributed by atoms with van der Waals surface area (Å²) in [5.41, 5.74) is 1.01. The van der Waals surface area contributed by atoms with Crippen LogP contribution in [0, 0.1) is 12.8 Å². The largest absolute Gasteiger partial charge is 0.421 e. The standard InChI is InChI=1S/C20H32O4S2/c1-15(2)25(16(3)4,14-20(21)18-8-6-7-9-18)24-26(22,23)19-12-10-17(5)11-13-19/h10-13,15-16,18H,6-9,14H2,1-5H3/p+1. The molecule has 4 nitrogen and oxygen atoms in total. The number of ketones is 1. The molecule has 0 bridgehead atoms. The van der Waals surface area contributed by atoms with Gasteiger partial charge in [-0.15, -0.1) is 8.42 Å². The second kappa shape index (κ2) is 8.44. The van der Waals surface area contributed by atoms with Crippen molar-refractivity contribution in [3.63, 3.8) is 0 Å². The van der Waals surface area contributed by atoms with Crippen molar-refractivity contribution in [2.45, 2.75) is 75.7 Å². The number of hydrogen-bond donors (Lipinski definition) is 0. The van der Waals surface area contributed by atoms with Crippen LogP contribution in [0.2, 0.25) is 0 Å². The summed E-state index contributed by atoms with van der Waals surface area (Å²) in [5, 5.41) is 0.0705. The summed E-state index contributed by atoms with van der Waals surface area (Å²) >= 11 is 0. The minimum absolute atomic E-state index is 0.0353. The summed E-state index contributed by atoms with van der Waals surface area (Å²) in [6.07, 6.45) is 4.08. The van der Waals surface area contributed by atoms with E-state index in [0.29, 0.717) is 0 Å². The van der Waals surface area contributed by atoms with E-state index >= 15 is 0 Å². The second-order valence-corrected chi connectivity index (χ2v) is 13.7. The molecule has 1 fully saturated rings. The molecule has 1 aliphatic carbocycles. The Labute approximate surface area is 160 Å². The van der Waals surface area contributed by atoms with Gasteiger partial charge in [0.05, 0.1) is 5.75 Å². The summed E-state index contributed by atoms with van der Waals surface area (Å²) in [6.45, 7) is 9.94. The zero-order chi connectivity index (χ0) is 19.5. The van der Waals surface area contributed by atoms with Crippen molar-refractivity contribution in [3.8, 4) is 0 Å². The first kappa shape index (κ1) is 21.5. The Morgan fingerprint density at radius 3 is 2.00 bits per heavy atom. The third-order valence-electron chi connectivity index (χ3n) is 5.37. The molecule has 2 rings (SSSR count). The third kappa shape index (κ3) is 4.70. The van der Waals surface area contributed by atoms with Gasteiger partial charge in [-0.25, -0.2) is 0 Å². The number of rotatable bonds is 8. The molecule has 0 aromatic heterocycles. The van der Waals surface area contributed by atoms with Gasteiger partial charge in [-0.05, 0) is 69.9 Å². The van der Waals surface area contributed by atoms with Crippen LogP contribution in [-0.2, 0) is 14.9 Å². The number of aryl methyl sites for hydroxylation is 1. The fourth-order valence-electron chi connectivity index (χ4n) is 3.61. The Hall–Kier alpha value is -0.850. The van der Waals surface area contributed by atoms with Gasteiger partial charge in [0.25, 0.3) is 0 Å². The molecule has 1 N–H and O–H groups in total. The minimum Gasteiger partial charge on any atom is -0.298 e. The molecule has 26 heavy (non-hydrogen) atoms. The van der Waals surface area contributed by atoms with Crippen molar-refractivity contribution in [1.82, 2.24) is 0 Å². The monoisotopic (exact) mass is 401 g/mol. The number of hydrogen-bond acceptors (Lipinski definition) is 3. The van der Waals surface area contributed by atoms with Gasteiger partial charge in [-0.2, -0.15) is 0 Å². The Kier molecular flexibility index (Phi) is 6.97. The first-order valence-electron chi connectivity index (χ1n) is 9.46. The van der Waals surface area contributed by atoms with Gasteiger partial charge in [0, 0.05) is 16.4 Å². The van der Waals surface area contributed by atoms with Crippen LogP contribution in [-0.4, -0.2) is 34.1 Å². The second-order valence-electron chi connectivity index (χ2n) is 7.86. The van der Waals surface area contributed by atoms with Gasteiger partial charge in [0.1, 0.15) is 4.90 Å². The quantitative estimate of drug-likeness (QED) is 0.451. The number of Topliss-reactive ketones (excluding diaryl/α,β-unsaturated/α-hetero) is 1. The molecule has 1 aliphatic rings. The zero-order valence-electron chi connectivity index (χ0n) is 16.6. The lowest BCUT2D eigenvalue weighted by molar-refractivity contribution is -0.120. The molecule has 0 heterocycles. The van der Waals surface area contributed by atoms with Crippen molar-refractivity contribution in [1.29, 1.82) is 0 Å². The minimum atomic E-state index is -3.78. The Morgan fingerprint density at radius 1 is 1.04 bits per heavy atom. The Morgan fingerprint density at radius 2 is 1.54 bits per heavy atom. The fraction of sp³-hybridized carbons (Fsp3) is 0.650. The van der Waals surface area contributed by atoms with Crippen molar-refractivity contribution >= 4 is 26.2 Å². The van der Waals surface area contributed by atoms with E-state index < -0.39 is 20.4 Å². The van der Waals surface area contributed by atoms with E-state index in [0.717, 1.165) is 31.2 Å². The summed E-state index contributed by atoms with van der Waals surface area (Å²) in [5.74, 6) is 0.595. The van der Waals surface area contributed by atoms with E-state index in [2.05, 4.69) is 3.63 Å². The molecular weight excluding hydrogens is 368 g/mol. The highest BCUT2D eigenvalue weighted by molar-refractivity contribution is 8.33. The van der Waals surface area contributed by atoms with Gasteiger partial charge in [0.15, 0.2) is 5.78 Å². The zero-order valence-corrected chi connectivity index (χ0v) is 18.2. The molecule has 148 valence electrons. The van der Waals surface area contributed by atoms with Crippen LogP contribution in [0.5, 0.6) is 0 Å². The Bertz CT molecular complexity index is 707. The predicted molar refractivity (Wildman–Crippen MR) is 111 cm³/mol. The van der Waals surface area contributed by atoms with Crippen LogP contribution in [0.4, 0.5) is 0 Å². The summed E-state index contributed by atoms with van der Waals surface area (Å²) in [6, 6.07) is 6.79. The molecule has 0 unspecified atom stereocenters. The van der Waals surface area contributed by atoms with Crippen molar-refractivity contribution in [2.75, 3.05) is 5.75 Å². The average Bonchev–Trinajstić information content (AvgIpc) is 3.08. The molecule has 0 spiro atoms. The van der Waals surface area contributed by atoms with Gasteiger partial charge < -0.3 is 0 Å². The summed E-state index contributed by atoms with van der Waals surface area (Å²) < 4.78 is 30.5. The number of carbonyl (C=O) groups is 1. The first-order chi connectivity index (χ1) is 12.1. The number of carbonyl (C=O) groups excluding carboxylic acids is 1. The van der Waals surface area contributed by atoms with E-state index in [1.807, 2.05) is 34.6 Å². The van der Waals surface area contributed by atoms with E-state index in [1.54, 1.807) is 24.3 Å². The lowest BCUT2D eigenvalue weighted by Crippen LogP contribution is -2.36. The van der Waals surface area contributed by atoms with Crippen LogP contribution < -0.4 is 0 Å². The Balaban J connectivity index is 2.34. The predicted octanol–water partition coefficient (Wildman–Crippen LogP) is 5.07. The average molecular weight is 402 g/mol. The van der Waals surface area contributed by atoms with Gasteiger partial charge in [-0.3, -0.25) is 8.42 Å². The maximum Gasteiger partial charge on any atom is 0.421 e. The highest BCUT2D eigenvalue weighted by Crippen LogP contribution is 2.57. The molecule has 0 atom stereocenters.